The first-order valence-electron chi connectivity index (χ1n) is 6.25. The molecule has 0 heterocycles. The van der Waals surface area contributed by atoms with Crippen LogP contribution in [0.3, 0.4) is 0 Å². The standard InChI is InChI=1S/C14H20BrNO2/c1-12(6-5-10-15)16-14(17)9-11-18-13-7-3-2-4-8-13/h2-4,7-8,12H,5-6,9-11H2,1H3,(H,16,17). The smallest absolute Gasteiger partial charge is 0.223 e. The highest BCUT2D eigenvalue weighted by atomic mass is 79.9. The summed E-state index contributed by atoms with van der Waals surface area (Å²) in [5.74, 6) is 0.852. The van der Waals surface area contributed by atoms with Crippen molar-refractivity contribution in [2.75, 3.05) is 11.9 Å². The van der Waals surface area contributed by atoms with E-state index in [-0.39, 0.29) is 11.9 Å². The molecule has 1 aromatic rings. The maximum absolute atomic E-state index is 11.6. The summed E-state index contributed by atoms with van der Waals surface area (Å²) in [6, 6.07) is 9.76. The third-order valence-corrected chi connectivity index (χ3v) is 3.08. The summed E-state index contributed by atoms with van der Waals surface area (Å²) >= 11 is 3.38. The Morgan fingerprint density at radius 1 is 1.39 bits per heavy atom. The molecular weight excluding hydrogens is 294 g/mol. The fourth-order valence-electron chi connectivity index (χ4n) is 1.58. The number of rotatable bonds is 8. The molecule has 0 aliphatic rings. The van der Waals surface area contributed by atoms with Crippen LogP contribution >= 0.6 is 15.9 Å². The largest absolute Gasteiger partial charge is 0.493 e. The van der Waals surface area contributed by atoms with Gasteiger partial charge < -0.3 is 10.1 Å². The van der Waals surface area contributed by atoms with Crippen LogP contribution in [-0.2, 0) is 4.79 Å². The second kappa shape index (κ2) is 8.97. The Labute approximate surface area is 117 Å². The van der Waals surface area contributed by atoms with E-state index in [1.165, 1.54) is 0 Å². The molecule has 0 aliphatic carbocycles. The molecule has 0 spiro atoms. The molecule has 1 aromatic carbocycles. The average molecular weight is 314 g/mol. The molecule has 4 heteroatoms. The van der Waals surface area contributed by atoms with Crippen molar-refractivity contribution in [2.45, 2.75) is 32.2 Å². The molecule has 100 valence electrons. The first-order chi connectivity index (χ1) is 8.72. The third kappa shape index (κ3) is 6.64. The lowest BCUT2D eigenvalue weighted by molar-refractivity contribution is -0.122. The van der Waals surface area contributed by atoms with Crippen LogP contribution < -0.4 is 10.1 Å². The maximum Gasteiger partial charge on any atom is 0.223 e. The minimum absolute atomic E-state index is 0.0491. The van der Waals surface area contributed by atoms with Crippen LogP contribution in [-0.4, -0.2) is 23.9 Å². The molecule has 3 nitrogen and oxygen atoms in total. The van der Waals surface area contributed by atoms with Crippen LogP contribution in [0.15, 0.2) is 30.3 Å². The zero-order valence-electron chi connectivity index (χ0n) is 10.7. The Hall–Kier alpha value is -1.03. The van der Waals surface area contributed by atoms with Crippen LogP contribution in [0, 0.1) is 0 Å². The molecule has 0 fully saturated rings. The van der Waals surface area contributed by atoms with Gasteiger partial charge in [0.2, 0.25) is 5.91 Å². The summed E-state index contributed by atoms with van der Waals surface area (Å²) in [5, 5.41) is 3.94. The number of hydrogen-bond donors (Lipinski definition) is 1. The van der Waals surface area contributed by atoms with Crippen molar-refractivity contribution in [3.63, 3.8) is 0 Å². The van der Waals surface area contributed by atoms with Gasteiger partial charge in [0.25, 0.3) is 0 Å². The van der Waals surface area contributed by atoms with Crippen LogP contribution in [0.5, 0.6) is 5.75 Å². The van der Waals surface area contributed by atoms with E-state index >= 15 is 0 Å². The van der Waals surface area contributed by atoms with Gasteiger partial charge in [0.05, 0.1) is 13.0 Å². The number of ether oxygens (including phenoxy) is 1. The molecule has 18 heavy (non-hydrogen) atoms. The van der Waals surface area contributed by atoms with E-state index in [2.05, 4.69) is 21.2 Å². The highest BCUT2D eigenvalue weighted by Crippen LogP contribution is 2.08. The predicted octanol–water partition coefficient (Wildman–Crippen LogP) is 3.14. The number of para-hydroxylation sites is 1. The molecule has 0 aliphatic heterocycles. The van der Waals surface area contributed by atoms with E-state index in [1.807, 2.05) is 37.3 Å². The fourth-order valence-corrected chi connectivity index (χ4v) is 1.90. The first kappa shape index (κ1) is 15.0. The Morgan fingerprint density at radius 3 is 2.78 bits per heavy atom. The first-order valence-corrected chi connectivity index (χ1v) is 7.37. The molecule has 0 bridgehead atoms. The van der Waals surface area contributed by atoms with Crippen molar-refractivity contribution in [1.82, 2.24) is 5.32 Å². The second-order valence-corrected chi connectivity index (χ2v) is 5.00. The van der Waals surface area contributed by atoms with E-state index in [0.29, 0.717) is 13.0 Å². The molecule has 1 rings (SSSR count). The minimum atomic E-state index is 0.0491. The van der Waals surface area contributed by atoms with Crippen molar-refractivity contribution >= 4 is 21.8 Å². The van der Waals surface area contributed by atoms with E-state index in [0.717, 1.165) is 23.9 Å². The SMILES string of the molecule is CC(CCCBr)NC(=O)CCOc1ccccc1. The summed E-state index contributed by atoms with van der Waals surface area (Å²) in [7, 11) is 0. The number of carbonyl (C=O) groups is 1. The van der Waals surface area contributed by atoms with Gasteiger partial charge in [0.1, 0.15) is 5.75 Å². The summed E-state index contributed by atoms with van der Waals surface area (Å²) in [6.45, 7) is 2.44. The second-order valence-electron chi connectivity index (χ2n) is 4.21. The van der Waals surface area contributed by atoms with Gasteiger partial charge in [-0.3, -0.25) is 4.79 Å². The Morgan fingerprint density at radius 2 is 2.11 bits per heavy atom. The summed E-state index contributed by atoms with van der Waals surface area (Å²) in [6.07, 6.45) is 2.46. The number of nitrogens with one attached hydrogen (secondary N) is 1. The van der Waals surface area contributed by atoms with Gasteiger partial charge in [-0.2, -0.15) is 0 Å². The van der Waals surface area contributed by atoms with Gasteiger partial charge in [-0.15, -0.1) is 0 Å². The van der Waals surface area contributed by atoms with Gasteiger partial charge in [-0.25, -0.2) is 0 Å². The zero-order valence-corrected chi connectivity index (χ0v) is 12.3. The van der Waals surface area contributed by atoms with Gasteiger partial charge in [-0.1, -0.05) is 34.1 Å². The quantitative estimate of drug-likeness (QED) is 0.749. The summed E-state index contributed by atoms with van der Waals surface area (Å²) < 4.78 is 5.47. The van der Waals surface area contributed by atoms with Crippen LogP contribution in [0.4, 0.5) is 0 Å². The molecule has 0 aromatic heterocycles. The van der Waals surface area contributed by atoms with Gasteiger partial charge in [0, 0.05) is 11.4 Å². The highest BCUT2D eigenvalue weighted by molar-refractivity contribution is 9.09. The topological polar surface area (TPSA) is 38.3 Å². The number of carbonyl (C=O) groups excluding carboxylic acids is 1. The lowest BCUT2D eigenvalue weighted by atomic mass is 10.2. The van der Waals surface area contributed by atoms with Crippen molar-refractivity contribution in [3.8, 4) is 5.75 Å². The number of hydrogen-bond acceptors (Lipinski definition) is 2. The Kier molecular flexibility index (Phi) is 7.49. The molecule has 0 saturated heterocycles. The Bertz CT molecular complexity index is 343. The van der Waals surface area contributed by atoms with E-state index in [1.54, 1.807) is 0 Å². The maximum atomic E-state index is 11.6. The lowest BCUT2D eigenvalue weighted by Gasteiger charge is -2.13. The van der Waals surface area contributed by atoms with Crippen LogP contribution in [0.1, 0.15) is 26.2 Å². The molecule has 1 unspecified atom stereocenters. The van der Waals surface area contributed by atoms with Crippen molar-refractivity contribution in [3.05, 3.63) is 30.3 Å². The van der Waals surface area contributed by atoms with E-state index in [9.17, 15) is 4.79 Å². The van der Waals surface area contributed by atoms with Crippen LogP contribution in [0.25, 0.3) is 0 Å². The van der Waals surface area contributed by atoms with Gasteiger partial charge >= 0.3 is 0 Å². The molecule has 0 saturated carbocycles. The third-order valence-electron chi connectivity index (χ3n) is 2.52. The molecule has 1 N–H and O–H groups in total. The summed E-state index contributed by atoms with van der Waals surface area (Å²) in [5.41, 5.74) is 0. The number of alkyl halides is 1. The van der Waals surface area contributed by atoms with Gasteiger partial charge in [0.15, 0.2) is 0 Å². The fraction of sp³-hybridized carbons (Fsp3) is 0.500. The van der Waals surface area contributed by atoms with E-state index in [4.69, 9.17) is 4.74 Å². The van der Waals surface area contributed by atoms with E-state index < -0.39 is 0 Å². The zero-order chi connectivity index (χ0) is 13.2. The number of amides is 1. The monoisotopic (exact) mass is 313 g/mol. The lowest BCUT2D eigenvalue weighted by Crippen LogP contribution is -2.33. The molecular formula is C14H20BrNO2. The molecule has 1 amide bonds. The minimum Gasteiger partial charge on any atom is -0.493 e. The number of halogens is 1. The normalized spacial score (nSPS) is 11.9. The van der Waals surface area contributed by atoms with Crippen molar-refractivity contribution in [2.24, 2.45) is 0 Å². The van der Waals surface area contributed by atoms with Crippen molar-refractivity contribution in [1.29, 1.82) is 0 Å². The molecule has 0 radical (unpaired) electrons. The van der Waals surface area contributed by atoms with Crippen LogP contribution in [0.2, 0.25) is 0 Å². The average Bonchev–Trinajstić information content (AvgIpc) is 2.37. The van der Waals surface area contributed by atoms with Crippen molar-refractivity contribution < 1.29 is 9.53 Å². The highest BCUT2D eigenvalue weighted by Gasteiger charge is 2.06. The summed E-state index contributed by atoms with van der Waals surface area (Å²) in [4.78, 5) is 11.6. The Balaban J connectivity index is 2.13. The van der Waals surface area contributed by atoms with Gasteiger partial charge in [-0.05, 0) is 31.9 Å². The predicted molar refractivity (Wildman–Crippen MR) is 77.2 cm³/mol. The number of benzene rings is 1. The molecule has 1 atom stereocenters.